The van der Waals surface area contributed by atoms with Gasteiger partial charge in [0.2, 0.25) is 0 Å². The number of rotatable bonds is 5. The lowest BCUT2D eigenvalue weighted by Crippen LogP contribution is -2.81. The standard InChI is InChI=1S/C28H30ClNO4/c1-30(15-17-2-3-17)13-12-27-24-19-6-9-21(31)25(24)34-26(27)22(32)10-11-28(27,23(30)14-19)33-16-18-4-7-20(29)8-5-18/h4-9,17,23,26H,2-3,10-16H2,1H3/p+1/t23?,26?,27-,28+,30+/m0/s1. The second kappa shape index (κ2) is 6.99. The fourth-order valence-electron chi connectivity index (χ4n) is 7.99. The van der Waals surface area contributed by atoms with E-state index in [0.29, 0.717) is 30.2 Å². The number of hydrogen-bond donors (Lipinski definition) is 1. The molecule has 2 aliphatic heterocycles. The number of carbonyl (C=O) groups excluding carboxylic acids is 1. The van der Waals surface area contributed by atoms with Crippen molar-refractivity contribution in [1.29, 1.82) is 0 Å². The average molecular weight is 481 g/mol. The van der Waals surface area contributed by atoms with Crippen molar-refractivity contribution >= 4 is 17.4 Å². The normalized spacial score (nSPS) is 37.3. The minimum absolute atomic E-state index is 0.140. The highest BCUT2D eigenvalue weighted by Crippen LogP contribution is 2.67. The third-order valence-corrected chi connectivity index (χ3v) is 9.90. The smallest absolute Gasteiger partial charge is 0.174 e. The summed E-state index contributed by atoms with van der Waals surface area (Å²) in [6, 6.07) is 11.9. The lowest BCUT2D eigenvalue weighted by atomic mass is 9.48. The largest absolute Gasteiger partial charge is 0.504 e. The predicted octanol–water partition coefficient (Wildman–Crippen LogP) is 4.55. The molecule has 5 aliphatic rings. The van der Waals surface area contributed by atoms with Gasteiger partial charge < -0.3 is 19.1 Å². The molecule has 0 radical (unpaired) electrons. The summed E-state index contributed by atoms with van der Waals surface area (Å²) >= 11 is 6.13. The molecular formula is C28H31ClNO4+. The summed E-state index contributed by atoms with van der Waals surface area (Å²) in [5, 5.41) is 11.5. The van der Waals surface area contributed by atoms with Crippen LogP contribution in [0.25, 0.3) is 0 Å². The first-order valence-electron chi connectivity index (χ1n) is 12.6. The molecule has 2 unspecified atom stereocenters. The number of likely N-dealkylation sites (N-methyl/N-ethyl adjacent to an activating group) is 1. The second-order valence-electron chi connectivity index (χ2n) is 11.5. The number of hydrogen-bond acceptors (Lipinski definition) is 4. The van der Waals surface area contributed by atoms with Crippen LogP contribution in [0.4, 0.5) is 0 Å². The molecule has 34 heavy (non-hydrogen) atoms. The molecule has 1 N–H and O–H groups in total. The molecule has 2 saturated carbocycles. The molecule has 2 aromatic rings. The number of carbonyl (C=O) groups is 1. The van der Waals surface area contributed by atoms with Gasteiger partial charge in [0.05, 0.1) is 32.2 Å². The Hall–Kier alpha value is -2.08. The maximum Gasteiger partial charge on any atom is 0.174 e. The average Bonchev–Trinajstić information content (AvgIpc) is 3.55. The summed E-state index contributed by atoms with van der Waals surface area (Å²) in [5.41, 5.74) is 2.30. The van der Waals surface area contributed by atoms with Crippen LogP contribution in [0, 0.1) is 5.92 Å². The Labute approximate surface area is 205 Å². The van der Waals surface area contributed by atoms with Crippen molar-refractivity contribution in [2.45, 2.75) is 68.3 Å². The molecule has 3 fully saturated rings. The number of ketones is 1. The number of ether oxygens (including phenoxy) is 2. The van der Waals surface area contributed by atoms with Crippen LogP contribution in [0.5, 0.6) is 11.5 Å². The van der Waals surface area contributed by atoms with Gasteiger partial charge in [-0.05, 0) is 48.6 Å². The lowest BCUT2D eigenvalue weighted by Gasteiger charge is -2.66. The third kappa shape index (κ3) is 2.66. The number of piperidine rings is 1. The van der Waals surface area contributed by atoms with Crippen molar-refractivity contribution in [3.8, 4) is 11.5 Å². The molecule has 2 bridgehead atoms. The van der Waals surface area contributed by atoms with Gasteiger partial charge >= 0.3 is 0 Å². The third-order valence-electron chi connectivity index (χ3n) is 9.65. The molecule has 3 aliphatic carbocycles. The molecular weight excluding hydrogens is 450 g/mol. The number of quaternary nitrogens is 1. The molecule has 2 heterocycles. The number of likely N-dealkylation sites (tertiary alicyclic amines) is 1. The van der Waals surface area contributed by atoms with E-state index in [9.17, 15) is 9.90 Å². The Morgan fingerprint density at radius 2 is 1.97 bits per heavy atom. The second-order valence-corrected chi connectivity index (χ2v) is 11.9. The van der Waals surface area contributed by atoms with E-state index in [2.05, 4.69) is 13.1 Å². The zero-order valence-corrected chi connectivity index (χ0v) is 20.3. The highest BCUT2D eigenvalue weighted by atomic mass is 35.5. The van der Waals surface area contributed by atoms with E-state index in [0.717, 1.165) is 40.9 Å². The maximum absolute atomic E-state index is 13.4. The monoisotopic (exact) mass is 480 g/mol. The molecule has 0 aromatic heterocycles. The maximum atomic E-state index is 13.4. The summed E-state index contributed by atoms with van der Waals surface area (Å²) in [6.45, 7) is 2.66. The van der Waals surface area contributed by atoms with Gasteiger partial charge in [-0.15, -0.1) is 0 Å². The Balaban J connectivity index is 1.41. The van der Waals surface area contributed by atoms with Crippen LogP contribution in [-0.2, 0) is 28.0 Å². The van der Waals surface area contributed by atoms with Crippen molar-refractivity contribution < 1.29 is 23.9 Å². The SMILES string of the molecule is C[N@+]1(CC2CC2)CC[C@]23c4c5ccc(O)c4OC2C(=O)CC[C@@]3(OCc2ccc(Cl)cc2)C1C5. The van der Waals surface area contributed by atoms with E-state index in [4.69, 9.17) is 21.1 Å². The van der Waals surface area contributed by atoms with E-state index in [-0.39, 0.29) is 17.6 Å². The lowest BCUT2D eigenvalue weighted by molar-refractivity contribution is -0.950. The van der Waals surface area contributed by atoms with Crippen LogP contribution in [-0.4, -0.2) is 53.3 Å². The predicted molar refractivity (Wildman–Crippen MR) is 128 cm³/mol. The van der Waals surface area contributed by atoms with Crippen LogP contribution < -0.4 is 4.74 Å². The first-order chi connectivity index (χ1) is 16.4. The van der Waals surface area contributed by atoms with E-state index < -0.39 is 17.1 Å². The number of phenols is 1. The van der Waals surface area contributed by atoms with Crippen LogP contribution in [0.1, 0.15) is 48.8 Å². The van der Waals surface area contributed by atoms with E-state index in [1.54, 1.807) is 6.07 Å². The summed E-state index contributed by atoms with van der Waals surface area (Å²) in [7, 11) is 2.41. The van der Waals surface area contributed by atoms with Crippen molar-refractivity contribution in [3.05, 3.63) is 58.1 Å². The van der Waals surface area contributed by atoms with E-state index in [1.165, 1.54) is 24.9 Å². The highest BCUT2D eigenvalue weighted by Gasteiger charge is 2.77. The Morgan fingerprint density at radius 1 is 1.18 bits per heavy atom. The minimum atomic E-state index is -0.578. The Kier molecular flexibility index (Phi) is 4.36. The quantitative estimate of drug-likeness (QED) is 0.638. The molecule has 1 spiro atoms. The fraction of sp³-hybridized carbons (Fsp3) is 0.536. The van der Waals surface area contributed by atoms with Crippen molar-refractivity contribution in [3.63, 3.8) is 0 Å². The first-order valence-corrected chi connectivity index (χ1v) is 13.0. The number of benzene rings is 2. The van der Waals surface area contributed by atoms with Crippen LogP contribution in [0.15, 0.2) is 36.4 Å². The number of nitrogens with zero attached hydrogens (tertiary/aromatic N) is 1. The van der Waals surface area contributed by atoms with Gasteiger partial charge in [-0.3, -0.25) is 4.79 Å². The Morgan fingerprint density at radius 3 is 2.74 bits per heavy atom. The zero-order valence-electron chi connectivity index (χ0n) is 19.6. The van der Waals surface area contributed by atoms with Gasteiger partial charge in [0.25, 0.3) is 0 Å². The van der Waals surface area contributed by atoms with E-state index >= 15 is 0 Å². The molecule has 2 aromatic carbocycles. The number of aromatic hydroxyl groups is 1. The summed E-state index contributed by atoms with van der Waals surface area (Å²) < 4.78 is 14.5. The van der Waals surface area contributed by atoms with Crippen LogP contribution >= 0.6 is 11.6 Å². The highest BCUT2D eigenvalue weighted by molar-refractivity contribution is 6.30. The van der Waals surface area contributed by atoms with Crippen molar-refractivity contribution in [2.75, 3.05) is 20.1 Å². The van der Waals surface area contributed by atoms with Gasteiger partial charge in [0, 0.05) is 35.8 Å². The molecule has 0 amide bonds. The number of halogens is 1. The minimum Gasteiger partial charge on any atom is -0.504 e. The van der Waals surface area contributed by atoms with Gasteiger partial charge in [0.15, 0.2) is 23.4 Å². The van der Waals surface area contributed by atoms with Crippen molar-refractivity contribution in [2.24, 2.45) is 5.92 Å². The topological polar surface area (TPSA) is 55.8 Å². The number of Topliss-reactive ketones (excluding diaryl/α,β-unsaturated/α-hetero) is 1. The summed E-state index contributed by atoms with van der Waals surface area (Å²) in [6.07, 6.45) is 4.96. The number of phenolic OH excluding ortho intramolecular Hbond substituents is 1. The molecule has 6 heteroatoms. The Bertz CT molecular complexity index is 1190. The fourth-order valence-corrected chi connectivity index (χ4v) is 8.12. The van der Waals surface area contributed by atoms with Crippen LogP contribution in [0.2, 0.25) is 5.02 Å². The van der Waals surface area contributed by atoms with Gasteiger partial charge in [-0.25, -0.2) is 0 Å². The zero-order chi connectivity index (χ0) is 23.3. The summed E-state index contributed by atoms with van der Waals surface area (Å²) in [4.78, 5) is 13.4. The molecule has 1 saturated heterocycles. The van der Waals surface area contributed by atoms with Gasteiger partial charge in [0.1, 0.15) is 11.6 Å². The molecule has 178 valence electrons. The molecule has 5 nitrogen and oxygen atoms in total. The first kappa shape index (κ1) is 21.2. The van der Waals surface area contributed by atoms with Crippen LogP contribution in [0.3, 0.4) is 0 Å². The van der Waals surface area contributed by atoms with E-state index in [1.807, 2.05) is 24.3 Å². The molecule has 5 atom stereocenters. The summed E-state index contributed by atoms with van der Waals surface area (Å²) in [5.74, 6) is 1.60. The van der Waals surface area contributed by atoms with Crippen molar-refractivity contribution in [1.82, 2.24) is 0 Å². The van der Waals surface area contributed by atoms with Gasteiger partial charge in [-0.1, -0.05) is 29.8 Å². The molecule has 7 rings (SSSR count). The van der Waals surface area contributed by atoms with Gasteiger partial charge in [-0.2, -0.15) is 0 Å².